The lowest BCUT2D eigenvalue weighted by Crippen LogP contribution is -2.31. The zero-order valence-electron chi connectivity index (χ0n) is 11.4. The maximum atomic E-state index is 6.33. The molecule has 0 aromatic heterocycles. The molecule has 100 valence electrons. The van der Waals surface area contributed by atoms with Gasteiger partial charge in [-0.1, -0.05) is 48.4 Å². The molecule has 3 aliphatic rings. The molecule has 0 amide bonds. The molecule has 0 N–H and O–H groups in total. The van der Waals surface area contributed by atoms with Crippen LogP contribution >= 0.6 is 11.6 Å². The predicted octanol–water partition coefficient (Wildman–Crippen LogP) is 5.43. The molecule has 3 aliphatic carbocycles. The van der Waals surface area contributed by atoms with E-state index in [1.54, 1.807) is 5.56 Å². The molecular weight excluding hydrogens is 264 g/mol. The molecule has 2 bridgehead atoms. The average Bonchev–Trinajstić information content (AvgIpc) is 3.14. The molecule has 2 saturated carbocycles. The summed E-state index contributed by atoms with van der Waals surface area (Å²) in [6.07, 6.45) is 5.58. The number of rotatable bonds is 0. The number of hydrogen-bond acceptors (Lipinski definition) is 0. The molecule has 5 rings (SSSR count). The van der Waals surface area contributed by atoms with Crippen molar-refractivity contribution in [2.75, 3.05) is 0 Å². The van der Waals surface area contributed by atoms with E-state index < -0.39 is 0 Å². The van der Waals surface area contributed by atoms with E-state index in [2.05, 4.69) is 36.4 Å². The van der Waals surface area contributed by atoms with Crippen LogP contribution in [0.2, 0.25) is 5.02 Å². The standard InChI is InChI=1S/C19H17Cl/c20-14-7-8-16-15-3-1-2-4-17(15)19(18(16)10-14)11-12-5-6-13(19)9-12/h1-4,7-8,10,12-13H,5-6,9,11H2. The minimum absolute atomic E-state index is 0.278. The summed E-state index contributed by atoms with van der Waals surface area (Å²) in [4.78, 5) is 0. The average molecular weight is 281 g/mol. The van der Waals surface area contributed by atoms with Crippen molar-refractivity contribution < 1.29 is 0 Å². The Morgan fingerprint density at radius 3 is 2.60 bits per heavy atom. The molecule has 3 atom stereocenters. The van der Waals surface area contributed by atoms with Crippen molar-refractivity contribution in [3.63, 3.8) is 0 Å². The molecule has 0 aliphatic heterocycles. The van der Waals surface area contributed by atoms with Gasteiger partial charge in [0.2, 0.25) is 0 Å². The van der Waals surface area contributed by atoms with Crippen LogP contribution in [0.1, 0.15) is 36.8 Å². The fraction of sp³-hybridized carbons (Fsp3) is 0.368. The monoisotopic (exact) mass is 280 g/mol. The van der Waals surface area contributed by atoms with E-state index in [-0.39, 0.29) is 5.41 Å². The van der Waals surface area contributed by atoms with Gasteiger partial charge in [0.25, 0.3) is 0 Å². The van der Waals surface area contributed by atoms with Gasteiger partial charge < -0.3 is 0 Å². The molecular formula is C19H17Cl. The normalized spacial score (nSPS) is 32.6. The molecule has 1 heteroatoms. The Morgan fingerprint density at radius 2 is 1.80 bits per heavy atom. The first kappa shape index (κ1) is 11.4. The van der Waals surface area contributed by atoms with Crippen molar-refractivity contribution in [2.45, 2.75) is 31.1 Å². The van der Waals surface area contributed by atoms with Crippen LogP contribution in [0.3, 0.4) is 0 Å². The smallest absolute Gasteiger partial charge is 0.0409 e. The number of halogens is 1. The van der Waals surface area contributed by atoms with E-state index in [1.165, 1.54) is 42.4 Å². The molecule has 1 spiro atoms. The van der Waals surface area contributed by atoms with Crippen molar-refractivity contribution in [3.05, 3.63) is 58.6 Å². The largest absolute Gasteiger partial charge is 0.0843 e. The number of hydrogen-bond donors (Lipinski definition) is 0. The second-order valence-electron chi connectivity index (χ2n) is 6.79. The number of benzene rings is 2. The fourth-order valence-corrected chi connectivity index (χ4v) is 5.53. The van der Waals surface area contributed by atoms with E-state index in [9.17, 15) is 0 Å². The molecule has 0 saturated heterocycles. The quantitative estimate of drug-likeness (QED) is 0.604. The van der Waals surface area contributed by atoms with E-state index in [0.29, 0.717) is 0 Å². The summed E-state index contributed by atoms with van der Waals surface area (Å²) in [5.41, 5.74) is 6.24. The summed E-state index contributed by atoms with van der Waals surface area (Å²) < 4.78 is 0. The van der Waals surface area contributed by atoms with E-state index in [4.69, 9.17) is 11.6 Å². The zero-order valence-corrected chi connectivity index (χ0v) is 12.2. The molecule has 20 heavy (non-hydrogen) atoms. The third-order valence-electron chi connectivity index (χ3n) is 6.01. The van der Waals surface area contributed by atoms with Crippen LogP contribution in [0.15, 0.2) is 42.5 Å². The SMILES string of the molecule is Clc1ccc2c(c1)C1(CC3CCC1C3)c1ccccc1-2. The van der Waals surface area contributed by atoms with Crippen LogP contribution < -0.4 is 0 Å². The van der Waals surface area contributed by atoms with E-state index in [1.807, 2.05) is 6.07 Å². The molecule has 0 heterocycles. The lowest BCUT2D eigenvalue weighted by Gasteiger charge is -2.36. The van der Waals surface area contributed by atoms with Gasteiger partial charge in [0.05, 0.1) is 0 Å². The Kier molecular flexibility index (Phi) is 2.10. The van der Waals surface area contributed by atoms with Gasteiger partial charge in [0.1, 0.15) is 0 Å². The van der Waals surface area contributed by atoms with Gasteiger partial charge in [-0.05, 0) is 65.5 Å². The second-order valence-corrected chi connectivity index (χ2v) is 7.22. The summed E-state index contributed by atoms with van der Waals surface area (Å²) in [5, 5.41) is 0.888. The Balaban J connectivity index is 1.86. The Hall–Kier alpha value is -1.27. The van der Waals surface area contributed by atoms with Crippen molar-refractivity contribution >= 4 is 11.6 Å². The van der Waals surface area contributed by atoms with Crippen molar-refractivity contribution in [1.29, 1.82) is 0 Å². The van der Waals surface area contributed by atoms with Crippen LogP contribution in [0, 0.1) is 11.8 Å². The maximum Gasteiger partial charge on any atom is 0.0409 e. The van der Waals surface area contributed by atoms with Gasteiger partial charge in [-0.15, -0.1) is 0 Å². The highest BCUT2D eigenvalue weighted by atomic mass is 35.5. The highest BCUT2D eigenvalue weighted by Crippen LogP contribution is 2.65. The lowest BCUT2D eigenvalue weighted by molar-refractivity contribution is 0.327. The molecule has 0 nitrogen and oxygen atoms in total. The Morgan fingerprint density at radius 1 is 0.950 bits per heavy atom. The maximum absolute atomic E-state index is 6.33. The Bertz CT molecular complexity index is 717. The van der Waals surface area contributed by atoms with Crippen molar-refractivity contribution in [3.8, 4) is 11.1 Å². The van der Waals surface area contributed by atoms with E-state index in [0.717, 1.165) is 16.9 Å². The lowest BCUT2D eigenvalue weighted by atomic mass is 9.67. The van der Waals surface area contributed by atoms with Crippen LogP contribution in [0.4, 0.5) is 0 Å². The van der Waals surface area contributed by atoms with Gasteiger partial charge in [-0.25, -0.2) is 0 Å². The Labute approximate surface area is 124 Å². The summed E-state index contributed by atoms with van der Waals surface area (Å²) in [6.45, 7) is 0. The van der Waals surface area contributed by atoms with Crippen LogP contribution in [0.25, 0.3) is 11.1 Å². The predicted molar refractivity (Wildman–Crippen MR) is 83.1 cm³/mol. The second kappa shape index (κ2) is 3.68. The first-order valence-electron chi connectivity index (χ1n) is 7.69. The minimum atomic E-state index is 0.278. The molecule has 2 aromatic rings. The highest BCUT2D eigenvalue weighted by Gasteiger charge is 2.56. The first-order chi connectivity index (χ1) is 9.79. The molecule has 0 radical (unpaired) electrons. The van der Waals surface area contributed by atoms with Crippen molar-refractivity contribution in [2.24, 2.45) is 11.8 Å². The summed E-state index contributed by atoms with van der Waals surface area (Å²) in [5.74, 6) is 1.76. The summed E-state index contributed by atoms with van der Waals surface area (Å²) in [7, 11) is 0. The molecule has 3 unspecified atom stereocenters. The first-order valence-corrected chi connectivity index (χ1v) is 8.07. The number of fused-ring (bicyclic) bond motifs is 8. The third-order valence-corrected chi connectivity index (χ3v) is 6.24. The van der Waals surface area contributed by atoms with Gasteiger partial charge >= 0.3 is 0 Å². The summed E-state index contributed by atoms with van der Waals surface area (Å²) >= 11 is 6.33. The fourth-order valence-electron chi connectivity index (χ4n) is 5.36. The topological polar surface area (TPSA) is 0 Å². The van der Waals surface area contributed by atoms with E-state index >= 15 is 0 Å². The molecule has 2 aromatic carbocycles. The highest BCUT2D eigenvalue weighted by molar-refractivity contribution is 6.30. The van der Waals surface area contributed by atoms with Gasteiger partial charge in [-0.2, -0.15) is 0 Å². The van der Waals surface area contributed by atoms with Gasteiger partial charge in [0.15, 0.2) is 0 Å². The van der Waals surface area contributed by atoms with Crippen LogP contribution in [-0.2, 0) is 5.41 Å². The minimum Gasteiger partial charge on any atom is -0.0843 e. The molecule has 2 fully saturated rings. The third kappa shape index (κ3) is 1.20. The van der Waals surface area contributed by atoms with Gasteiger partial charge in [-0.3, -0.25) is 0 Å². The van der Waals surface area contributed by atoms with Crippen LogP contribution in [0.5, 0.6) is 0 Å². The summed E-state index contributed by atoms with van der Waals surface area (Å²) in [6, 6.07) is 15.6. The van der Waals surface area contributed by atoms with Crippen LogP contribution in [-0.4, -0.2) is 0 Å². The zero-order chi connectivity index (χ0) is 13.3. The van der Waals surface area contributed by atoms with Gasteiger partial charge in [0, 0.05) is 10.4 Å². The van der Waals surface area contributed by atoms with Crippen molar-refractivity contribution in [1.82, 2.24) is 0 Å².